The highest BCUT2D eigenvalue weighted by molar-refractivity contribution is 9.09. The lowest BCUT2D eigenvalue weighted by Gasteiger charge is -2.29. The lowest BCUT2D eigenvalue weighted by atomic mass is 9.92. The Hall–Kier alpha value is -6.27. The fourth-order valence-electron chi connectivity index (χ4n) is 12.4. The lowest BCUT2D eigenvalue weighted by molar-refractivity contribution is -0.114. The number of nitrogens with two attached hydrogens (primary N) is 2. The third-order valence-corrected chi connectivity index (χ3v) is 21.3. The van der Waals surface area contributed by atoms with Crippen LogP contribution in [-0.2, 0) is 68.1 Å². The topological polar surface area (TPSA) is 298 Å². The van der Waals surface area contributed by atoms with Gasteiger partial charge in [0.25, 0.3) is 0 Å². The molecule has 0 saturated heterocycles. The van der Waals surface area contributed by atoms with Crippen LogP contribution in [0.1, 0.15) is 186 Å². The van der Waals surface area contributed by atoms with Crippen LogP contribution in [-0.4, -0.2) is 151 Å². The minimum absolute atomic E-state index is 0.00545. The van der Waals surface area contributed by atoms with Gasteiger partial charge in [-0.15, -0.1) is 11.3 Å². The van der Waals surface area contributed by atoms with E-state index in [-0.39, 0.29) is 112 Å². The number of ether oxygens (including phenoxy) is 5. The molecule has 5 saturated carbocycles. The molecule has 21 nitrogen and oxygen atoms in total. The fraction of sp³-hybridized carbons (Fsp3) is 0.550. The Balaban J connectivity index is 0.000000250. The van der Waals surface area contributed by atoms with Crippen molar-refractivity contribution in [1.82, 2.24) is 34.9 Å². The molecular weight excluding hydrogens is 1780 g/mol. The molecular formula is C80H102BrCl5F10N14O7S2. The Bertz CT molecular complexity index is 4240. The number of thiazole rings is 1. The van der Waals surface area contributed by atoms with Crippen molar-refractivity contribution in [3.63, 3.8) is 0 Å². The van der Waals surface area contributed by atoms with Crippen molar-refractivity contribution in [3.8, 4) is 16.8 Å². The van der Waals surface area contributed by atoms with E-state index < -0.39 is 29.6 Å². The molecule has 39 heteroatoms. The quantitative estimate of drug-likeness (QED) is 0.0144. The maximum atomic E-state index is 13.3. The average Bonchev–Trinajstić information content (AvgIpc) is 1.32. The number of methoxy groups -OCH3 is 5. The molecule has 5 aliphatic rings. The van der Waals surface area contributed by atoms with Gasteiger partial charge in [-0.3, -0.25) is 4.79 Å². The van der Waals surface area contributed by atoms with E-state index in [1.54, 1.807) is 95.4 Å². The number of nitrogens with one attached hydrogen (secondary N) is 4. The Morgan fingerprint density at radius 2 is 0.782 bits per heavy atom. The second-order valence-electron chi connectivity index (χ2n) is 28.9. The van der Waals surface area contributed by atoms with Crippen molar-refractivity contribution in [1.29, 1.82) is 5.26 Å². The van der Waals surface area contributed by atoms with Crippen LogP contribution in [0.2, 0.25) is 25.8 Å². The zero-order chi connectivity index (χ0) is 88.1. The van der Waals surface area contributed by atoms with Gasteiger partial charge < -0.3 is 61.5 Å². The SMILES string of the molecule is CC(=O)CBr.COCc1cc(C#N)nc(NC2CCC(F)(F)CC2)c1.COCc1cc(Cl)nc(Cl)c1.COCc1cc(Cl)nc(NC2CCC(F)(F)CC2)c1.COCc1cc(NC2CCC(F)(F)CC2)nc(-c2nc(C)cs2)c1.COCc1cc(NC2CCC(F)(F)CC2)nc(C(N)=S)c1.NC1CCC(F)(F)CC1.OCc1cc(Cl)nc(Cl)c1. The number of carbonyl (C=O) groups is 1. The first kappa shape index (κ1) is 103. The molecule has 0 unspecified atom stereocenters. The molecule has 7 aromatic rings. The van der Waals surface area contributed by atoms with Crippen LogP contribution in [0.3, 0.4) is 0 Å². The minimum atomic E-state index is -2.54. The largest absolute Gasteiger partial charge is 0.392 e. The highest BCUT2D eigenvalue weighted by atomic mass is 79.9. The van der Waals surface area contributed by atoms with E-state index in [4.69, 9.17) is 116 Å². The van der Waals surface area contributed by atoms with Crippen LogP contribution in [0, 0.1) is 18.3 Å². The zero-order valence-electron chi connectivity index (χ0n) is 67.0. The molecule has 0 spiro atoms. The number of aliphatic hydroxyl groups excluding tert-OH is 1. The maximum absolute atomic E-state index is 13.3. The summed E-state index contributed by atoms with van der Waals surface area (Å²) in [4.78, 5) is 39.2. The monoisotopic (exact) mass is 1880 g/mol. The molecule has 0 aromatic carbocycles. The van der Waals surface area contributed by atoms with Gasteiger partial charge in [-0.1, -0.05) is 86.2 Å². The molecule has 0 atom stereocenters. The van der Waals surface area contributed by atoms with Gasteiger partial charge in [0.05, 0.1) is 50.7 Å². The summed E-state index contributed by atoms with van der Waals surface area (Å²) in [7, 11) is 8.02. The number of halogens is 16. The highest BCUT2D eigenvalue weighted by Gasteiger charge is 2.39. The number of carbonyl (C=O) groups excluding carboxylic acids is 1. The van der Waals surface area contributed by atoms with Crippen LogP contribution in [0.5, 0.6) is 0 Å². The average molecular weight is 1880 g/mol. The van der Waals surface area contributed by atoms with E-state index in [9.17, 15) is 48.7 Å². The number of aliphatic hydroxyl groups is 1. The van der Waals surface area contributed by atoms with E-state index in [1.165, 1.54) is 6.92 Å². The number of alkyl halides is 11. The zero-order valence-corrected chi connectivity index (χ0v) is 74.0. The standard InChI is InChI=1S/C17H21F2N3OS.C14H19F2N3OS.C14H17F2N3O.C13H17ClF2N2O.C7H7Cl2NO.C6H5Cl2NO.C6H11F2N.C3H5BrO/c1-11-10-24-16(20-11)14-7-12(9-23-2)8-15(22-14)21-13-3-5-17(18,19)6-4-13;1-20-8-9-6-11(13(17)21)19-12(7-9)18-10-2-4-14(15,16)5-3-10;1-20-9-10-6-12(8-17)19-13(7-10)18-11-2-4-14(15,16)5-3-11;1-19-8-9-6-11(14)18-12(7-9)17-10-2-4-13(15,16)5-3-10;1-11-4-5-2-6(8)10-7(9)3-5;7-5-1-4(3-10)2-6(8)9-5;7-6(8)3-1-5(9)2-4-6;1-3(5)2-4/h7-8,10,13H,3-6,9H2,1-2H3,(H,21,22);6-7,10H,2-5,8H2,1H3,(H2,17,21)(H,18,19);6-7,11H,2-5,9H2,1H3,(H,18,19);6-7,10H,2-5,8H2,1H3,(H,17,18);2-3H,4H2,1H3;1-2,10H,3H2;5H,1-4,9H2;2H2,1H3. The van der Waals surface area contributed by atoms with Crippen molar-refractivity contribution in [2.45, 2.75) is 242 Å². The third kappa shape index (κ3) is 41.6. The van der Waals surface area contributed by atoms with E-state index >= 15 is 0 Å². The fourth-order valence-corrected chi connectivity index (χ4v) is 14.5. The van der Waals surface area contributed by atoms with Crippen LogP contribution in [0.15, 0.2) is 78.2 Å². The predicted molar refractivity (Wildman–Crippen MR) is 456 cm³/mol. The molecule has 5 fully saturated rings. The number of ketones is 1. The van der Waals surface area contributed by atoms with Gasteiger partial charge >= 0.3 is 0 Å². The summed E-state index contributed by atoms with van der Waals surface area (Å²) in [5.41, 5.74) is 18.8. The van der Waals surface area contributed by atoms with Gasteiger partial charge in [-0.2, -0.15) is 5.26 Å². The molecule has 9 N–H and O–H groups in total. The Labute approximate surface area is 730 Å². The van der Waals surface area contributed by atoms with Crippen LogP contribution in [0.4, 0.5) is 67.2 Å². The van der Waals surface area contributed by atoms with E-state index in [1.807, 2.05) is 42.6 Å². The Kier molecular flexibility index (Phi) is 44.9. The lowest BCUT2D eigenvalue weighted by Crippen LogP contribution is -2.32. The number of pyridine rings is 6. The number of Topliss-reactive ketones (excluding diaryl/α,β-unsaturated/α-hetero) is 1. The molecule has 5 aliphatic carbocycles. The molecule has 7 aromatic heterocycles. The number of nitrogens with zero attached hydrogens (tertiary/aromatic N) is 8. The van der Waals surface area contributed by atoms with Crippen LogP contribution in [0.25, 0.3) is 10.7 Å². The van der Waals surface area contributed by atoms with Crippen LogP contribution < -0.4 is 32.7 Å². The predicted octanol–water partition coefficient (Wildman–Crippen LogP) is 21.4. The van der Waals surface area contributed by atoms with Gasteiger partial charge in [0.2, 0.25) is 29.6 Å². The summed E-state index contributed by atoms with van der Waals surface area (Å²) in [5, 5.41) is 35.5. The molecule has 0 aliphatic heterocycles. The number of anilines is 4. The summed E-state index contributed by atoms with van der Waals surface area (Å²) < 4.78 is 155. The van der Waals surface area contributed by atoms with E-state index in [2.05, 4.69) is 72.1 Å². The van der Waals surface area contributed by atoms with Gasteiger partial charge in [0.15, 0.2) is 0 Å². The first-order valence-electron chi connectivity index (χ1n) is 37.9. The van der Waals surface area contributed by atoms with Gasteiger partial charge in [0.1, 0.15) is 82.3 Å². The van der Waals surface area contributed by atoms with Gasteiger partial charge in [-0.25, -0.2) is 78.8 Å². The number of hydrogen-bond acceptors (Lipinski definition) is 22. The molecule has 119 heavy (non-hydrogen) atoms. The van der Waals surface area contributed by atoms with Gasteiger partial charge in [-0.05, 0) is 184 Å². The molecule has 0 amide bonds. The van der Waals surface area contributed by atoms with Crippen molar-refractivity contribution < 1.29 is 77.5 Å². The molecule has 0 bridgehead atoms. The summed E-state index contributed by atoms with van der Waals surface area (Å²) in [6.45, 7) is 5.63. The molecule has 0 radical (unpaired) electrons. The third-order valence-electron chi connectivity index (χ3n) is 18.3. The first-order chi connectivity index (χ1) is 56.2. The number of aromatic nitrogens is 7. The maximum Gasteiger partial charge on any atom is 0.248 e. The van der Waals surface area contributed by atoms with E-state index in [0.717, 1.165) is 44.2 Å². The van der Waals surface area contributed by atoms with Crippen molar-refractivity contribution in [2.24, 2.45) is 11.5 Å². The smallest absolute Gasteiger partial charge is 0.248 e. The van der Waals surface area contributed by atoms with Gasteiger partial charge in [0, 0.05) is 141 Å². The summed E-state index contributed by atoms with van der Waals surface area (Å²) in [6.07, 6.45) is 3.70. The first-order valence-corrected chi connectivity index (χ1v) is 42.2. The van der Waals surface area contributed by atoms with Crippen molar-refractivity contribution in [2.75, 3.05) is 62.1 Å². The van der Waals surface area contributed by atoms with Crippen molar-refractivity contribution in [3.05, 3.63) is 154 Å². The van der Waals surface area contributed by atoms with Crippen molar-refractivity contribution >= 4 is 132 Å². The number of rotatable bonds is 22. The molecule has 12 rings (SSSR count). The normalized spacial score (nSPS) is 17.3. The summed E-state index contributed by atoms with van der Waals surface area (Å²) >= 11 is 37.7. The second kappa shape index (κ2) is 51.7. The Morgan fingerprint density at radius 3 is 1.09 bits per heavy atom. The molecule has 7 heterocycles. The number of hydrogen-bond donors (Lipinski definition) is 7. The number of nitriles is 1. The minimum Gasteiger partial charge on any atom is -0.392 e. The number of thiocarbonyl (C=S) groups is 1. The van der Waals surface area contributed by atoms with E-state index in [0.29, 0.717) is 169 Å². The highest BCUT2D eigenvalue weighted by Crippen LogP contribution is 2.39. The summed E-state index contributed by atoms with van der Waals surface area (Å²) in [5.74, 6) is -9.89. The van der Waals surface area contributed by atoms with Crippen LogP contribution >= 0.6 is 97.5 Å². The second-order valence-corrected chi connectivity index (χ2v) is 32.7. The number of aryl methyl sites for hydroxylation is 1. The Morgan fingerprint density at radius 1 is 0.487 bits per heavy atom. The summed E-state index contributed by atoms with van der Waals surface area (Å²) in [6, 6.07) is 23.1. The molecule has 658 valence electrons.